The quantitative estimate of drug-likeness (QED) is 0.775. The van der Waals surface area contributed by atoms with Crippen molar-refractivity contribution < 1.29 is 4.79 Å². The molecule has 0 radical (unpaired) electrons. The fourth-order valence-corrected chi connectivity index (χ4v) is 2.70. The van der Waals surface area contributed by atoms with Crippen molar-refractivity contribution in [3.8, 4) is 5.69 Å². The van der Waals surface area contributed by atoms with E-state index in [1.54, 1.807) is 6.07 Å². The van der Waals surface area contributed by atoms with Gasteiger partial charge in [0, 0.05) is 17.4 Å². The van der Waals surface area contributed by atoms with Crippen LogP contribution in [0.3, 0.4) is 0 Å². The smallest absolute Gasteiger partial charge is 0.249 e. The maximum Gasteiger partial charge on any atom is 0.249 e. The van der Waals surface area contributed by atoms with Crippen molar-refractivity contribution in [1.82, 2.24) is 4.57 Å². The van der Waals surface area contributed by atoms with E-state index >= 15 is 0 Å². The number of aromatic nitrogens is 1. The Morgan fingerprint density at radius 1 is 1.10 bits per heavy atom. The highest BCUT2D eigenvalue weighted by molar-refractivity contribution is 5.95. The molecule has 0 bridgehead atoms. The molecule has 0 spiro atoms. The third kappa shape index (κ3) is 1.88. The highest BCUT2D eigenvalue weighted by atomic mass is 16.1. The first kappa shape index (κ1) is 12.5. The Balaban J connectivity index is 2.29. The molecular formula is C17H16N2O. The SMILES string of the molecule is CCc1c(C(N)=O)cccc1-n1ccc2ccccc21. The van der Waals surface area contributed by atoms with Gasteiger partial charge in [0.05, 0.1) is 5.52 Å². The van der Waals surface area contributed by atoms with Crippen LogP contribution >= 0.6 is 0 Å². The number of nitrogens with zero attached hydrogens (tertiary/aromatic N) is 1. The molecule has 1 heterocycles. The Morgan fingerprint density at radius 2 is 1.90 bits per heavy atom. The Kier molecular flexibility index (Phi) is 3.03. The molecule has 0 aliphatic rings. The first-order valence-corrected chi connectivity index (χ1v) is 6.70. The number of fused-ring (bicyclic) bond motifs is 1. The summed E-state index contributed by atoms with van der Waals surface area (Å²) in [7, 11) is 0. The molecule has 20 heavy (non-hydrogen) atoms. The lowest BCUT2D eigenvalue weighted by Gasteiger charge is -2.13. The molecule has 0 saturated heterocycles. The van der Waals surface area contributed by atoms with Crippen molar-refractivity contribution in [1.29, 1.82) is 0 Å². The molecule has 0 aliphatic heterocycles. The molecule has 3 heteroatoms. The van der Waals surface area contributed by atoms with Crippen molar-refractivity contribution in [3.63, 3.8) is 0 Å². The summed E-state index contributed by atoms with van der Waals surface area (Å²) < 4.78 is 2.11. The summed E-state index contributed by atoms with van der Waals surface area (Å²) in [4.78, 5) is 11.6. The maximum atomic E-state index is 11.6. The minimum absolute atomic E-state index is 0.375. The number of rotatable bonds is 3. The Morgan fingerprint density at radius 3 is 2.65 bits per heavy atom. The molecule has 1 aromatic heterocycles. The number of carbonyl (C=O) groups is 1. The van der Waals surface area contributed by atoms with Crippen LogP contribution < -0.4 is 5.73 Å². The number of nitrogens with two attached hydrogens (primary N) is 1. The predicted octanol–water partition coefficient (Wildman–Crippen LogP) is 3.29. The van der Waals surface area contributed by atoms with Crippen LogP contribution in [-0.4, -0.2) is 10.5 Å². The van der Waals surface area contributed by atoms with Gasteiger partial charge in [0.15, 0.2) is 0 Å². The Hall–Kier alpha value is -2.55. The average Bonchev–Trinajstić information content (AvgIpc) is 2.90. The summed E-state index contributed by atoms with van der Waals surface area (Å²) in [6, 6.07) is 16.0. The van der Waals surface area contributed by atoms with Crippen LogP contribution in [-0.2, 0) is 6.42 Å². The molecule has 0 aliphatic carbocycles. The summed E-state index contributed by atoms with van der Waals surface area (Å²) >= 11 is 0. The minimum Gasteiger partial charge on any atom is -0.366 e. The van der Waals surface area contributed by atoms with Crippen molar-refractivity contribution in [2.45, 2.75) is 13.3 Å². The largest absolute Gasteiger partial charge is 0.366 e. The fraction of sp³-hybridized carbons (Fsp3) is 0.118. The maximum absolute atomic E-state index is 11.6. The van der Waals surface area contributed by atoms with Gasteiger partial charge in [-0.3, -0.25) is 4.79 Å². The first-order valence-electron chi connectivity index (χ1n) is 6.70. The molecule has 1 amide bonds. The fourth-order valence-electron chi connectivity index (χ4n) is 2.70. The van der Waals surface area contributed by atoms with Gasteiger partial charge < -0.3 is 10.3 Å². The van der Waals surface area contributed by atoms with E-state index in [1.807, 2.05) is 37.4 Å². The number of hydrogen-bond donors (Lipinski definition) is 1. The summed E-state index contributed by atoms with van der Waals surface area (Å²) in [5.41, 5.74) is 9.21. The van der Waals surface area contributed by atoms with E-state index < -0.39 is 0 Å². The Labute approximate surface area is 117 Å². The van der Waals surface area contributed by atoms with Crippen molar-refractivity contribution in [2.24, 2.45) is 5.73 Å². The second-order valence-electron chi connectivity index (χ2n) is 4.77. The number of amides is 1. The molecular weight excluding hydrogens is 248 g/mol. The van der Waals surface area contributed by atoms with E-state index in [4.69, 9.17) is 5.73 Å². The van der Waals surface area contributed by atoms with Crippen molar-refractivity contribution in [2.75, 3.05) is 0 Å². The molecule has 2 aromatic carbocycles. The lowest BCUT2D eigenvalue weighted by Crippen LogP contribution is -2.15. The highest BCUT2D eigenvalue weighted by Crippen LogP contribution is 2.25. The van der Waals surface area contributed by atoms with Crippen LogP contribution in [0.15, 0.2) is 54.7 Å². The standard InChI is InChI=1S/C17H16N2O/c1-2-13-14(17(18)20)7-5-9-16(13)19-11-10-12-6-3-4-8-15(12)19/h3-11H,2H2,1H3,(H2,18,20). The van der Waals surface area contributed by atoms with E-state index in [0.717, 1.165) is 23.2 Å². The van der Waals surface area contributed by atoms with Gasteiger partial charge in [-0.1, -0.05) is 31.2 Å². The van der Waals surface area contributed by atoms with E-state index in [-0.39, 0.29) is 5.91 Å². The monoisotopic (exact) mass is 264 g/mol. The molecule has 3 aromatic rings. The number of carbonyl (C=O) groups excluding carboxylic acids is 1. The Bertz CT molecular complexity index is 787. The van der Waals surface area contributed by atoms with Crippen LogP contribution in [0, 0.1) is 0 Å². The normalized spacial score (nSPS) is 10.8. The molecule has 100 valence electrons. The molecule has 0 atom stereocenters. The van der Waals surface area contributed by atoms with Gasteiger partial charge in [0.2, 0.25) is 5.91 Å². The van der Waals surface area contributed by atoms with Gasteiger partial charge in [-0.15, -0.1) is 0 Å². The van der Waals surface area contributed by atoms with Crippen LogP contribution in [0.2, 0.25) is 0 Å². The number of primary amides is 1. The minimum atomic E-state index is -0.375. The molecule has 0 saturated carbocycles. The summed E-state index contributed by atoms with van der Waals surface area (Å²) in [6.45, 7) is 2.04. The summed E-state index contributed by atoms with van der Waals surface area (Å²) in [5.74, 6) is -0.375. The summed E-state index contributed by atoms with van der Waals surface area (Å²) in [6.07, 6.45) is 2.80. The number of benzene rings is 2. The van der Waals surface area contributed by atoms with Gasteiger partial charge in [0.25, 0.3) is 0 Å². The molecule has 0 unspecified atom stereocenters. The van der Waals surface area contributed by atoms with Crippen molar-refractivity contribution in [3.05, 3.63) is 65.9 Å². The van der Waals surface area contributed by atoms with E-state index in [0.29, 0.717) is 5.56 Å². The lowest BCUT2D eigenvalue weighted by atomic mass is 10.0. The van der Waals surface area contributed by atoms with Crippen LogP contribution in [0.1, 0.15) is 22.8 Å². The van der Waals surface area contributed by atoms with Crippen LogP contribution in [0.25, 0.3) is 16.6 Å². The third-order valence-electron chi connectivity index (χ3n) is 3.63. The van der Waals surface area contributed by atoms with Gasteiger partial charge in [0.1, 0.15) is 0 Å². The first-order chi connectivity index (χ1) is 9.72. The lowest BCUT2D eigenvalue weighted by molar-refractivity contribution is 0.0999. The topological polar surface area (TPSA) is 48.0 Å². The third-order valence-corrected chi connectivity index (χ3v) is 3.63. The second-order valence-corrected chi connectivity index (χ2v) is 4.77. The number of hydrogen-bond acceptors (Lipinski definition) is 1. The molecule has 2 N–H and O–H groups in total. The van der Waals surface area contributed by atoms with Gasteiger partial charge in [-0.2, -0.15) is 0 Å². The molecule has 3 nitrogen and oxygen atoms in total. The van der Waals surface area contributed by atoms with Crippen molar-refractivity contribution >= 4 is 16.8 Å². The average molecular weight is 264 g/mol. The molecule has 0 fully saturated rings. The zero-order valence-corrected chi connectivity index (χ0v) is 11.3. The number of para-hydroxylation sites is 1. The zero-order valence-electron chi connectivity index (χ0n) is 11.3. The summed E-state index contributed by atoms with van der Waals surface area (Å²) in [5, 5.41) is 1.18. The zero-order chi connectivity index (χ0) is 14.1. The van der Waals surface area contributed by atoms with Gasteiger partial charge in [-0.25, -0.2) is 0 Å². The highest BCUT2D eigenvalue weighted by Gasteiger charge is 2.13. The van der Waals surface area contributed by atoms with Crippen LogP contribution in [0.5, 0.6) is 0 Å². The predicted molar refractivity (Wildman–Crippen MR) is 81.2 cm³/mol. The van der Waals surface area contributed by atoms with E-state index in [1.165, 1.54) is 5.39 Å². The van der Waals surface area contributed by atoms with Gasteiger partial charge >= 0.3 is 0 Å². The molecule has 3 rings (SSSR count). The van der Waals surface area contributed by atoms with Gasteiger partial charge in [-0.05, 0) is 41.6 Å². The van der Waals surface area contributed by atoms with Crippen LogP contribution in [0.4, 0.5) is 0 Å². The van der Waals surface area contributed by atoms with E-state index in [2.05, 4.69) is 22.8 Å². The second kappa shape index (κ2) is 4.85. The van der Waals surface area contributed by atoms with E-state index in [9.17, 15) is 4.79 Å².